The van der Waals surface area contributed by atoms with Crippen LogP contribution >= 0.6 is 0 Å². The lowest BCUT2D eigenvalue weighted by atomic mass is 10.1. The van der Waals surface area contributed by atoms with E-state index in [4.69, 9.17) is 9.84 Å². The minimum atomic E-state index is -0.838. The number of amides is 1. The van der Waals surface area contributed by atoms with Gasteiger partial charge in [0.25, 0.3) is 0 Å². The van der Waals surface area contributed by atoms with Crippen molar-refractivity contribution < 1.29 is 19.4 Å². The van der Waals surface area contributed by atoms with E-state index in [-0.39, 0.29) is 24.3 Å². The molecule has 2 atom stereocenters. The van der Waals surface area contributed by atoms with Crippen molar-refractivity contribution in [2.45, 2.75) is 39.2 Å². The maximum atomic E-state index is 11.3. The molecule has 0 rings (SSSR count). The van der Waals surface area contributed by atoms with Crippen molar-refractivity contribution >= 4 is 11.9 Å². The highest BCUT2D eigenvalue weighted by molar-refractivity contribution is 5.76. The molecule has 0 aromatic carbocycles. The largest absolute Gasteiger partial charge is 0.481 e. The van der Waals surface area contributed by atoms with Crippen molar-refractivity contribution in [1.82, 2.24) is 5.32 Å². The second-order valence-electron chi connectivity index (χ2n) is 4.09. The van der Waals surface area contributed by atoms with E-state index in [1.165, 1.54) is 0 Å². The van der Waals surface area contributed by atoms with Crippen molar-refractivity contribution in [2.75, 3.05) is 13.7 Å². The zero-order chi connectivity index (χ0) is 12.6. The van der Waals surface area contributed by atoms with Gasteiger partial charge in [0.05, 0.1) is 6.10 Å². The molecule has 0 aromatic rings. The average molecular weight is 231 g/mol. The van der Waals surface area contributed by atoms with E-state index in [2.05, 4.69) is 5.32 Å². The summed E-state index contributed by atoms with van der Waals surface area (Å²) in [6.45, 7) is 4.11. The smallest absolute Gasteiger partial charge is 0.303 e. The molecule has 16 heavy (non-hydrogen) atoms. The number of carboxylic acids is 1. The van der Waals surface area contributed by atoms with Gasteiger partial charge >= 0.3 is 5.97 Å². The summed E-state index contributed by atoms with van der Waals surface area (Å²) in [4.78, 5) is 21.7. The van der Waals surface area contributed by atoms with Gasteiger partial charge < -0.3 is 15.2 Å². The first-order valence-electron chi connectivity index (χ1n) is 5.47. The molecule has 94 valence electrons. The SMILES string of the molecule is COC(C)CCC(=O)NCC(C)CC(=O)O. The van der Waals surface area contributed by atoms with E-state index < -0.39 is 5.97 Å². The van der Waals surface area contributed by atoms with Gasteiger partial charge in [0.2, 0.25) is 5.91 Å². The van der Waals surface area contributed by atoms with Crippen LogP contribution in [0.15, 0.2) is 0 Å². The Morgan fingerprint density at radius 1 is 1.38 bits per heavy atom. The fourth-order valence-electron chi connectivity index (χ4n) is 1.20. The number of ether oxygens (including phenoxy) is 1. The monoisotopic (exact) mass is 231 g/mol. The number of carboxylic acid groups (broad SMARTS) is 1. The lowest BCUT2D eigenvalue weighted by Crippen LogP contribution is -2.29. The first kappa shape index (κ1) is 14.9. The summed E-state index contributed by atoms with van der Waals surface area (Å²) in [5.74, 6) is -0.933. The highest BCUT2D eigenvalue weighted by atomic mass is 16.5. The number of hydrogen-bond donors (Lipinski definition) is 2. The van der Waals surface area contributed by atoms with Crippen LogP contribution < -0.4 is 5.32 Å². The molecule has 0 aromatic heterocycles. The average Bonchev–Trinajstić information content (AvgIpc) is 2.22. The zero-order valence-electron chi connectivity index (χ0n) is 10.2. The zero-order valence-corrected chi connectivity index (χ0v) is 10.2. The lowest BCUT2D eigenvalue weighted by Gasteiger charge is -2.12. The van der Waals surface area contributed by atoms with Crippen LogP contribution in [0.5, 0.6) is 0 Å². The summed E-state index contributed by atoms with van der Waals surface area (Å²) in [5, 5.41) is 11.2. The van der Waals surface area contributed by atoms with Crippen LogP contribution in [0.4, 0.5) is 0 Å². The van der Waals surface area contributed by atoms with Gasteiger partial charge in [0.15, 0.2) is 0 Å². The van der Waals surface area contributed by atoms with E-state index in [9.17, 15) is 9.59 Å². The molecule has 0 spiro atoms. The Kier molecular flexibility index (Phi) is 7.54. The molecule has 0 aliphatic heterocycles. The van der Waals surface area contributed by atoms with Crippen molar-refractivity contribution in [3.8, 4) is 0 Å². The Bertz CT molecular complexity index is 230. The molecule has 2 N–H and O–H groups in total. The predicted molar refractivity (Wildman–Crippen MR) is 60.1 cm³/mol. The van der Waals surface area contributed by atoms with Gasteiger partial charge in [-0.05, 0) is 19.3 Å². The molecule has 5 nitrogen and oxygen atoms in total. The van der Waals surface area contributed by atoms with Gasteiger partial charge in [0, 0.05) is 26.5 Å². The van der Waals surface area contributed by atoms with Crippen molar-refractivity contribution in [3.63, 3.8) is 0 Å². The summed E-state index contributed by atoms with van der Waals surface area (Å²) in [6, 6.07) is 0. The molecule has 0 heterocycles. The molecular formula is C11H21NO4. The fraction of sp³-hybridized carbons (Fsp3) is 0.818. The lowest BCUT2D eigenvalue weighted by molar-refractivity contribution is -0.138. The molecule has 0 bridgehead atoms. The van der Waals surface area contributed by atoms with Crippen molar-refractivity contribution in [3.05, 3.63) is 0 Å². The van der Waals surface area contributed by atoms with E-state index in [0.29, 0.717) is 19.4 Å². The molecule has 0 fully saturated rings. The van der Waals surface area contributed by atoms with Crippen LogP contribution in [0.25, 0.3) is 0 Å². The summed E-state index contributed by atoms with van der Waals surface area (Å²) >= 11 is 0. The Labute approximate surface area is 96.2 Å². The second-order valence-corrected chi connectivity index (χ2v) is 4.09. The molecule has 1 amide bonds. The second kappa shape index (κ2) is 8.10. The van der Waals surface area contributed by atoms with Gasteiger partial charge in [-0.25, -0.2) is 0 Å². The summed E-state index contributed by atoms with van der Waals surface area (Å²) in [7, 11) is 1.61. The highest BCUT2D eigenvalue weighted by Gasteiger charge is 2.10. The van der Waals surface area contributed by atoms with Gasteiger partial charge in [-0.1, -0.05) is 6.92 Å². The number of carbonyl (C=O) groups excluding carboxylic acids is 1. The molecule has 0 saturated carbocycles. The molecule has 2 unspecified atom stereocenters. The van der Waals surface area contributed by atoms with E-state index in [0.717, 1.165) is 0 Å². The first-order valence-corrected chi connectivity index (χ1v) is 5.47. The predicted octanol–water partition coefficient (Wildman–Crippen LogP) is 1.03. The van der Waals surface area contributed by atoms with Gasteiger partial charge in [-0.3, -0.25) is 9.59 Å². The number of aliphatic carboxylic acids is 1. The molecule has 5 heteroatoms. The Balaban J connectivity index is 3.61. The van der Waals surface area contributed by atoms with Crippen LogP contribution in [-0.4, -0.2) is 36.7 Å². The first-order chi connectivity index (χ1) is 7.45. The van der Waals surface area contributed by atoms with Crippen LogP contribution in [0.2, 0.25) is 0 Å². The quantitative estimate of drug-likeness (QED) is 0.654. The third kappa shape index (κ3) is 8.23. The Morgan fingerprint density at radius 3 is 2.50 bits per heavy atom. The standard InChI is InChI=1S/C11H21NO4/c1-8(6-11(14)15)7-12-10(13)5-4-9(2)16-3/h8-9H,4-7H2,1-3H3,(H,12,13)(H,14,15). The molecular weight excluding hydrogens is 210 g/mol. The van der Waals surface area contributed by atoms with Crippen LogP contribution in [-0.2, 0) is 14.3 Å². The summed E-state index contributed by atoms with van der Waals surface area (Å²) in [5.41, 5.74) is 0. The molecule has 0 radical (unpaired) electrons. The number of methoxy groups -OCH3 is 1. The number of rotatable bonds is 8. The van der Waals surface area contributed by atoms with Crippen LogP contribution in [0, 0.1) is 5.92 Å². The maximum Gasteiger partial charge on any atom is 0.303 e. The van der Waals surface area contributed by atoms with Gasteiger partial charge in [-0.2, -0.15) is 0 Å². The minimum absolute atomic E-state index is 0.0405. The van der Waals surface area contributed by atoms with Crippen molar-refractivity contribution in [1.29, 1.82) is 0 Å². The maximum absolute atomic E-state index is 11.3. The van der Waals surface area contributed by atoms with Crippen LogP contribution in [0.3, 0.4) is 0 Å². The minimum Gasteiger partial charge on any atom is -0.481 e. The number of nitrogens with one attached hydrogen (secondary N) is 1. The van der Waals surface area contributed by atoms with E-state index >= 15 is 0 Å². The van der Waals surface area contributed by atoms with E-state index in [1.807, 2.05) is 6.92 Å². The number of carbonyl (C=O) groups is 2. The Morgan fingerprint density at radius 2 is 2.00 bits per heavy atom. The fourth-order valence-corrected chi connectivity index (χ4v) is 1.20. The number of hydrogen-bond acceptors (Lipinski definition) is 3. The third-order valence-electron chi connectivity index (χ3n) is 2.35. The van der Waals surface area contributed by atoms with Crippen LogP contribution in [0.1, 0.15) is 33.1 Å². The van der Waals surface area contributed by atoms with E-state index in [1.54, 1.807) is 14.0 Å². The summed E-state index contributed by atoms with van der Waals surface area (Å²) < 4.78 is 5.02. The van der Waals surface area contributed by atoms with Gasteiger partial charge in [0.1, 0.15) is 0 Å². The topological polar surface area (TPSA) is 75.6 Å². The molecule has 0 saturated heterocycles. The normalized spacial score (nSPS) is 14.2. The highest BCUT2D eigenvalue weighted by Crippen LogP contribution is 2.02. The molecule has 0 aliphatic rings. The third-order valence-corrected chi connectivity index (χ3v) is 2.35. The Hall–Kier alpha value is -1.10. The summed E-state index contributed by atoms with van der Waals surface area (Å²) in [6.07, 6.45) is 1.24. The van der Waals surface area contributed by atoms with Crippen molar-refractivity contribution in [2.24, 2.45) is 5.92 Å². The van der Waals surface area contributed by atoms with Gasteiger partial charge in [-0.15, -0.1) is 0 Å². The molecule has 0 aliphatic carbocycles.